The third-order valence-electron chi connectivity index (χ3n) is 4.02. The molecule has 0 saturated carbocycles. The molecule has 1 heterocycles. The van der Waals surface area contributed by atoms with Crippen LogP contribution in [0.3, 0.4) is 0 Å². The minimum absolute atomic E-state index is 0.0275. The molecule has 4 aromatic rings. The van der Waals surface area contributed by atoms with Gasteiger partial charge in [0.1, 0.15) is 11.6 Å². The van der Waals surface area contributed by atoms with Crippen LogP contribution in [0.15, 0.2) is 66.9 Å². The molecule has 0 aliphatic rings. The second-order valence-corrected chi connectivity index (χ2v) is 6.44. The molecule has 0 aliphatic carbocycles. The summed E-state index contributed by atoms with van der Waals surface area (Å²) in [4.78, 5) is 18.7. The number of non-ortho nitro benzene ring substituents is 1. The van der Waals surface area contributed by atoms with Crippen molar-refractivity contribution in [1.82, 2.24) is 9.97 Å². The second kappa shape index (κ2) is 7.69. The number of rotatable bonds is 5. The fourth-order valence-electron chi connectivity index (χ4n) is 2.62. The third-order valence-corrected chi connectivity index (χ3v) is 4.31. The summed E-state index contributed by atoms with van der Waals surface area (Å²) in [6.45, 7) is 0. The van der Waals surface area contributed by atoms with Gasteiger partial charge in [-0.15, -0.1) is 0 Å². The number of ether oxygens (including phenoxy) is 1. The average molecular weight is 411 g/mol. The fraction of sp³-hybridized carbons (Fsp3) is 0. The first kappa shape index (κ1) is 18.6. The Hall–Kier alpha value is -3.78. The number of halogens is 2. The molecule has 29 heavy (non-hydrogen) atoms. The molecular formula is C20H12ClFN4O3. The van der Waals surface area contributed by atoms with Crippen LogP contribution in [0, 0.1) is 15.9 Å². The molecule has 0 amide bonds. The SMILES string of the molecule is O=[N+]([O-])c1ccc2nc(Oc3ccc(Nc4ccc(F)c(Cl)c4)cc3)ncc2c1. The summed E-state index contributed by atoms with van der Waals surface area (Å²) in [6, 6.07) is 15.8. The minimum Gasteiger partial charge on any atom is -0.424 e. The first-order valence-electron chi connectivity index (χ1n) is 8.39. The molecule has 9 heteroatoms. The van der Waals surface area contributed by atoms with E-state index in [0.29, 0.717) is 22.3 Å². The molecule has 0 saturated heterocycles. The number of nitro groups is 1. The first-order valence-corrected chi connectivity index (χ1v) is 8.77. The molecule has 7 nitrogen and oxygen atoms in total. The molecule has 0 aliphatic heterocycles. The molecule has 0 radical (unpaired) electrons. The largest absolute Gasteiger partial charge is 0.424 e. The summed E-state index contributed by atoms with van der Waals surface area (Å²) in [5.74, 6) is 0.0277. The lowest BCUT2D eigenvalue weighted by molar-refractivity contribution is -0.384. The van der Waals surface area contributed by atoms with Gasteiger partial charge in [0.25, 0.3) is 5.69 Å². The molecular weight excluding hydrogens is 399 g/mol. The maximum atomic E-state index is 13.2. The van der Waals surface area contributed by atoms with Crippen molar-refractivity contribution in [3.63, 3.8) is 0 Å². The molecule has 3 aromatic carbocycles. The maximum Gasteiger partial charge on any atom is 0.322 e. The van der Waals surface area contributed by atoms with E-state index in [4.69, 9.17) is 16.3 Å². The lowest BCUT2D eigenvalue weighted by Crippen LogP contribution is -1.94. The van der Waals surface area contributed by atoms with Crippen LogP contribution in [-0.2, 0) is 0 Å². The Bertz CT molecular complexity index is 1220. The Labute approximate surface area is 168 Å². The van der Waals surface area contributed by atoms with E-state index in [2.05, 4.69) is 15.3 Å². The summed E-state index contributed by atoms with van der Waals surface area (Å²) >= 11 is 5.78. The molecule has 0 bridgehead atoms. The van der Waals surface area contributed by atoms with Crippen LogP contribution in [0.4, 0.5) is 21.5 Å². The number of fused-ring (bicyclic) bond motifs is 1. The van der Waals surface area contributed by atoms with Crippen molar-refractivity contribution in [1.29, 1.82) is 0 Å². The molecule has 4 rings (SSSR count). The quantitative estimate of drug-likeness (QED) is 0.327. The summed E-state index contributed by atoms with van der Waals surface area (Å²) < 4.78 is 18.9. The molecule has 1 N–H and O–H groups in total. The molecule has 0 fully saturated rings. The number of nitrogens with one attached hydrogen (secondary N) is 1. The van der Waals surface area contributed by atoms with Crippen LogP contribution in [0.1, 0.15) is 0 Å². The van der Waals surface area contributed by atoms with E-state index in [9.17, 15) is 14.5 Å². The monoisotopic (exact) mass is 410 g/mol. The van der Waals surface area contributed by atoms with E-state index >= 15 is 0 Å². The van der Waals surface area contributed by atoms with Crippen molar-refractivity contribution in [2.75, 3.05) is 5.32 Å². The van der Waals surface area contributed by atoms with Gasteiger partial charge in [0.15, 0.2) is 0 Å². The Morgan fingerprint density at radius 1 is 1.03 bits per heavy atom. The van der Waals surface area contributed by atoms with Gasteiger partial charge in [-0.3, -0.25) is 10.1 Å². The summed E-state index contributed by atoms with van der Waals surface area (Å²) in [7, 11) is 0. The Kier molecular flexibility index (Phi) is 4.92. The van der Waals surface area contributed by atoms with Gasteiger partial charge in [0, 0.05) is 35.1 Å². The van der Waals surface area contributed by atoms with E-state index in [1.54, 1.807) is 36.4 Å². The van der Waals surface area contributed by atoms with Gasteiger partial charge in [-0.2, -0.15) is 4.98 Å². The van der Waals surface area contributed by atoms with Gasteiger partial charge in [-0.05, 0) is 48.5 Å². The van der Waals surface area contributed by atoms with Gasteiger partial charge < -0.3 is 10.1 Å². The van der Waals surface area contributed by atoms with Gasteiger partial charge in [-0.1, -0.05) is 11.6 Å². The Morgan fingerprint density at radius 3 is 2.52 bits per heavy atom. The summed E-state index contributed by atoms with van der Waals surface area (Å²) in [6.07, 6.45) is 1.47. The van der Waals surface area contributed by atoms with Crippen molar-refractivity contribution in [3.8, 4) is 11.8 Å². The molecule has 0 spiro atoms. The first-order chi connectivity index (χ1) is 14.0. The predicted molar refractivity (Wildman–Crippen MR) is 107 cm³/mol. The van der Waals surface area contributed by atoms with Crippen LogP contribution in [-0.4, -0.2) is 14.9 Å². The van der Waals surface area contributed by atoms with Crippen molar-refractivity contribution in [2.45, 2.75) is 0 Å². The summed E-state index contributed by atoms with van der Waals surface area (Å²) in [5, 5.41) is 14.5. The zero-order chi connectivity index (χ0) is 20.4. The Balaban J connectivity index is 1.48. The number of aromatic nitrogens is 2. The van der Waals surface area contributed by atoms with Crippen molar-refractivity contribution in [2.24, 2.45) is 0 Å². The van der Waals surface area contributed by atoms with Crippen LogP contribution in [0.2, 0.25) is 5.02 Å². The number of hydrogen-bond acceptors (Lipinski definition) is 6. The zero-order valence-electron chi connectivity index (χ0n) is 14.7. The third kappa shape index (κ3) is 4.22. The number of hydrogen-bond donors (Lipinski definition) is 1. The second-order valence-electron chi connectivity index (χ2n) is 6.03. The number of nitrogens with zero attached hydrogens (tertiary/aromatic N) is 3. The van der Waals surface area contributed by atoms with E-state index in [-0.39, 0.29) is 16.7 Å². The zero-order valence-corrected chi connectivity index (χ0v) is 15.4. The van der Waals surface area contributed by atoms with Crippen molar-refractivity contribution < 1.29 is 14.1 Å². The van der Waals surface area contributed by atoms with E-state index < -0.39 is 10.7 Å². The van der Waals surface area contributed by atoms with Crippen LogP contribution in [0.25, 0.3) is 10.9 Å². The van der Waals surface area contributed by atoms with Crippen molar-refractivity contribution >= 4 is 39.6 Å². The van der Waals surface area contributed by atoms with Gasteiger partial charge in [0.05, 0.1) is 15.5 Å². The molecule has 1 aromatic heterocycles. The molecule has 144 valence electrons. The Morgan fingerprint density at radius 2 is 1.79 bits per heavy atom. The number of anilines is 2. The fourth-order valence-corrected chi connectivity index (χ4v) is 2.80. The highest BCUT2D eigenvalue weighted by molar-refractivity contribution is 6.31. The smallest absolute Gasteiger partial charge is 0.322 e. The standard InChI is InChI=1S/C20H12ClFN4O3/c21-17-10-14(3-7-18(17)22)24-13-1-5-16(6-2-13)29-20-23-11-12-9-15(26(27)28)4-8-19(12)25-20/h1-11,24H. The van der Waals surface area contributed by atoms with Crippen molar-refractivity contribution in [3.05, 3.63) is 87.8 Å². The number of benzene rings is 3. The highest BCUT2D eigenvalue weighted by Crippen LogP contribution is 2.26. The molecule has 0 unspecified atom stereocenters. The van der Waals surface area contributed by atoms with E-state index in [1.165, 1.54) is 30.5 Å². The van der Waals surface area contributed by atoms with E-state index in [1.807, 2.05) is 0 Å². The van der Waals surface area contributed by atoms with Gasteiger partial charge in [-0.25, -0.2) is 9.37 Å². The van der Waals surface area contributed by atoms with Gasteiger partial charge in [0.2, 0.25) is 0 Å². The average Bonchev–Trinajstić information content (AvgIpc) is 2.72. The highest BCUT2D eigenvalue weighted by atomic mass is 35.5. The normalized spacial score (nSPS) is 10.7. The summed E-state index contributed by atoms with van der Waals surface area (Å²) in [5.41, 5.74) is 1.91. The number of nitro benzene ring substituents is 1. The lowest BCUT2D eigenvalue weighted by Gasteiger charge is -2.09. The minimum atomic E-state index is -0.481. The lowest BCUT2D eigenvalue weighted by atomic mass is 10.2. The van der Waals surface area contributed by atoms with Crippen LogP contribution < -0.4 is 10.1 Å². The van der Waals surface area contributed by atoms with Crippen LogP contribution in [0.5, 0.6) is 11.8 Å². The molecule has 0 atom stereocenters. The predicted octanol–water partition coefficient (Wildman–Crippen LogP) is 5.87. The van der Waals surface area contributed by atoms with Gasteiger partial charge >= 0.3 is 6.01 Å². The highest BCUT2D eigenvalue weighted by Gasteiger charge is 2.09. The maximum absolute atomic E-state index is 13.2. The topological polar surface area (TPSA) is 90.2 Å². The van der Waals surface area contributed by atoms with Crippen LogP contribution >= 0.6 is 11.6 Å². The van der Waals surface area contributed by atoms with E-state index in [0.717, 1.165) is 5.69 Å².